The number of carboxylic acid groups (broad SMARTS) is 1. The maximum absolute atomic E-state index is 11.4. The lowest BCUT2D eigenvalue weighted by atomic mass is 10.0. The van der Waals surface area contributed by atoms with Gasteiger partial charge in [0.15, 0.2) is 6.10 Å². The highest BCUT2D eigenvalue weighted by Gasteiger charge is 2.21. The van der Waals surface area contributed by atoms with E-state index in [0.717, 1.165) is 16.7 Å². The van der Waals surface area contributed by atoms with Gasteiger partial charge in [-0.1, -0.05) is 41.4 Å². The van der Waals surface area contributed by atoms with Gasteiger partial charge in [-0.05, 0) is 43.2 Å². The van der Waals surface area contributed by atoms with Gasteiger partial charge in [0.05, 0.1) is 0 Å². The Morgan fingerprint density at radius 1 is 1.24 bits per heavy atom. The van der Waals surface area contributed by atoms with Crippen molar-refractivity contribution in [2.45, 2.75) is 26.4 Å². The minimum atomic E-state index is -0.991. The zero-order chi connectivity index (χ0) is 15.4. The molecule has 1 unspecified atom stereocenters. The first-order valence-electron chi connectivity index (χ1n) is 6.67. The molecule has 0 saturated heterocycles. The van der Waals surface area contributed by atoms with Crippen LogP contribution >= 0.6 is 11.6 Å². The van der Waals surface area contributed by atoms with E-state index in [9.17, 15) is 9.90 Å². The zero-order valence-electron chi connectivity index (χ0n) is 12.0. The highest BCUT2D eigenvalue weighted by atomic mass is 35.5. The van der Waals surface area contributed by atoms with Crippen LogP contribution < -0.4 is 4.74 Å². The zero-order valence-corrected chi connectivity index (χ0v) is 12.7. The molecule has 110 valence electrons. The summed E-state index contributed by atoms with van der Waals surface area (Å²) in [4.78, 5) is 11.4. The van der Waals surface area contributed by atoms with Crippen molar-refractivity contribution in [3.05, 3.63) is 64.2 Å². The normalized spacial score (nSPS) is 12.0. The van der Waals surface area contributed by atoms with Gasteiger partial charge in [0, 0.05) is 11.4 Å². The van der Waals surface area contributed by atoms with Crippen molar-refractivity contribution in [3.8, 4) is 5.75 Å². The van der Waals surface area contributed by atoms with E-state index in [1.54, 1.807) is 24.3 Å². The van der Waals surface area contributed by atoms with E-state index in [1.165, 1.54) is 0 Å². The van der Waals surface area contributed by atoms with E-state index in [0.29, 0.717) is 17.2 Å². The molecule has 0 radical (unpaired) electrons. The van der Waals surface area contributed by atoms with Gasteiger partial charge in [0.1, 0.15) is 5.75 Å². The summed E-state index contributed by atoms with van der Waals surface area (Å²) >= 11 is 5.88. The summed E-state index contributed by atoms with van der Waals surface area (Å²) in [6.07, 6.45) is -0.626. The van der Waals surface area contributed by atoms with Crippen LogP contribution in [0.3, 0.4) is 0 Å². The molecule has 0 aliphatic carbocycles. The fourth-order valence-electron chi connectivity index (χ4n) is 2.16. The minimum absolute atomic E-state index is 0.313. The van der Waals surface area contributed by atoms with Crippen LogP contribution in [0.25, 0.3) is 0 Å². The second-order valence-electron chi connectivity index (χ2n) is 5.04. The number of hydrogen-bond donors (Lipinski definition) is 1. The highest BCUT2D eigenvalue weighted by Crippen LogP contribution is 2.20. The lowest BCUT2D eigenvalue weighted by Gasteiger charge is -2.17. The highest BCUT2D eigenvalue weighted by molar-refractivity contribution is 6.30. The molecule has 0 spiro atoms. The Labute approximate surface area is 129 Å². The van der Waals surface area contributed by atoms with E-state index in [2.05, 4.69) is 0 Å². The molecule has 1 N–H and O–H groups in total. The third-order valence-corrected chi connectivity index (χ3v) is 3.49. The molecule has 3 nitrogen and oxygen atoms in total. The van der Waals surface area contributed by atoms with Crippen LogP contribution in [0, 0.1) is 13.8 Å². The maximum atomic E-state index is 11.4. The molecular weight excluding hydrogens is 288 g/mol. The lowest BCUT2D eigenvalue weighted by Crippen LogP contribution is -2.29. The molecule has 0 aliphatic rings. The van der Waals surface area contributed by atoms with E-state index in [-0.39, 0.29) is 0 Å². The van der Waals surface area contributed by atoms with Crippen LogP contribution in [-0.2, 0) is 11.2 Å². The molecule has 1 atom stereocenters. The molecule has 0 aromatic heterocycles. The summed E-state index contributed by atoms with van der Waals surface area (Å²) in [5.41, 5.74) is 3.19. The number of rotatable bonds is 5. The van der Waals surface area contributed by atoms with E-state index >= 15 is 0 Å². The third kappa shape index (κ3) is 4.23. The summed E-state index contributed by atoms with van der Waals surface area (Å²) in [6.45, 7) is 3.98. The van der Waals surface area contributed by atoms with E-state index in [4.69, 9.17) is 16.3 Å². The Hall–Kier alpha value is -2.00. The molecular formula is C17H17ClO3. The topological polar surface area (TPSA) is 46.5 Å². The van der Waals surface area contributed by atoms with Crippen molar-refractivity contribution < 1.29 is 14.6 Å². The first-order valence-corrected chi connectivity index (χ1v) is 7.04. The fraction of sp³-hybridized carbons (Fsp3) is 0.235. The van der Waals surface area contributed by atoms with E-state index in [1.807, 2.05) is 32.0 Å². The van der Waals surface area contributed by atoms with E-state index < -0.39 is 12.1 Å². The summed E-state index contributed by atoms with van der Waals surface area (Å²) in [5, 5.41) is 9.87. The smallest absolute Gasteiger partial charge is 0.345 e. The van der Waals surface area contributed by atoms with Gasteiger partial charge in [-0.25, -0.2) is 4.79 Å². The Kier molecular flexibility index (Phi) is 4.86. The Balaban J connectivity index is 2.18. The number of carbonyl (C=O) groups is 1. The lowest BCUT2D eigenvalue weighted by molar-refractivity contribution is -0.145. The number of carboxylic acids is 1. The SMILES string of the molecule is Cc1ccc(CC(Oc2cccc(Cl)c2)C(=O)O)c(C)c1. The predicted molar refractivity (Wildman–Crippen MR) is 83.1 cm³/mol. The quantitative estimate of drug-likeness (QED) is 0.907. The second kappa shape index (κ2) is 6.64. The van der Waals surface area contributed by atoms with Gasteiger partial charge in [-0.2, -0.15) is 0 Å². The average molecular weight is 305 g/mol. The average Bonchev–Trinajstić information content (AvgIpc) is 2.40. The summed E-state index contributed by atoms with van der Waals surface area (Å²) in [5.74, 6) is -0.533. The fourth-order valence-corrected chi connectivity index (χ4v) is 2.34. The number of aliphatic carboxylic acids is 1. The molecule has 2 rings (SSSR count). The number of aryl methyl sites for hydroxylation is 2. The van der Waals surface area contributed by atoms with Crippen LogP contribution in [0.1, 0.15) is 16.7 Å². The van der Waals surface area contributed by atoms with Crippen LogP contribution in [0.2, 0.25) is 5.02 Å². The number of hydrogen-bond acceptors (Lipinski definition) is 2. The Bertz CT molecular complexity index is 652. The van der Waals surface area contributed by atoms with Crippen molar-refractivity contribution in [2.75, 3.05) is 0 Å². The van der Waals surface area contributed by atoms with Crippen molar-refractivity contribution in [3.63, 3.8) is 0 Å². The molecule has 4 heteroatoms. The van der Waals surface area contributed by atoms with Gasteiger partial charge in [0.2, 0.25) is 0 Å². The monoisotopic (exact) mass is 304 g/mol. The number of halogens is 1. The molecule has 0 fully saturated rings. The van der Waals surface area contributed by atoms with Crippen LogP contribution in [0.5, 0.6) is 5.75 Å². The van der Waals surface area contributed by atoms with Crippen LogP contribution in [-0.4, -0.2) is 17.2 Å². The van der Waals surface area contributed by atoms with Crippen LogP contribution in [0.15, 0.2) is 42.5 Å². The first kappa shape index (κ1) is 15.4. The molecule has 0 heterocycles. The molecule has 2 aromatic rings. The summed E-state index contributed by atoms with van der Waals surface area (Å²) in [6, 6.07) is 12.7. The minimum Gasteiger partial charge on any atom is -0.478 e. The molecule has 21 heavy (non-hydrogen) atoms. The first-order chi connectivity index (χ1) is 9.95. The van der Waals surface area contributed by atoms with Crippen molar-refractivity contribution in [1.82, 2.24) is 0 Å². The summed E-state index contributed by atoms with van der Waals surface area (Å²) < 4.78 is 5.56. The van der Waals surface area contributed by atoms with Crippen molar-refractivity contribution in [1.29, 1.82) is 0 Å². The van der Waals surface area contributed by atoms with Gasteiger partial charge in [-0.3, -0.25) is 0 Å². The molecule has 0 aliphatic heterocycles. The molecule has 2 aromatic carbocycles. The van der Waals surface area contributed by atoms with Gasteiger partial charge >= 0.3 is 5.97 Å². The number of benzene rings is 2. The Morgan fingerprint density at radius 2 is 2.00 bits per heavy atom. The second-order valence-corrected chi connectivity index (χ2v) is 5.47. The Morgan fingerprint density at radius 3 is 2.62 bits per heavy atom. The van der Waals surface area contributed by atoms with Crippen LogP contribution in [0.4, 0.5) is 0 Å². The third-order valence-electron chi connectivity index (χ3n) is 3.25. The molecule has 0 amide bonds. The molecule has 0 bridgehead atoms. The van der Waals surface area contributed by atoms with Crippen molar-refractivity contribution >= 4 is 17.6 Å². The predicted octanol–water partition coefficient (Wildman–Crippen LogP) is 4.03. The van der Waals surface area contributed by atoms with Gasteiger partial charge < -0.3 is 9.84 Å². The van der Waals surface area contributed by atoms with Crippen molar-refractivity contribution in [2.24, 2.45) is 0 Å². The number of ether oxygens (including phenoxy) is 1. The van der Waals surface area contributed by atoms with Gasteiger partial charge in [-0.15, -0.1) is 0 Å². The van der Waals surface area contributed by atoms with Gasteiger partial charge in [0.25, 0.3) is 0 Å². The maximum Gasteiger partial charge on any atom is 0.345 e. The largest absolute Gasteiger partial charge is 0.478 e. The summed E-state index contributed by atoms with van der Waals surface area (Å²) in [7, 11) is 0. The standard InChI is InChI=1S/C17H17ClO3/c1-11-6-7-13(12(2)8-11)9-16(17(19)20)21-15-5-3-4-14(18)10-15/h3-8,10,16H,9H2,1-2H3,(H,19,20). The molecule has 0 saturated carbocycles.